The lowest BCUT2D eigenvalue weighted by Gasteiger charge is -2.71. The number of fused-ring (bicyclic) bond motifs is 7. The van der Waals surface area contributed by atoms with Gasteiger partial charge in [0, 0.05) is 5.92 Å². The van der Waals surface area contributed by atoms with Crippen LogP contribution in [0, 0.1) is 50.7 Å². The van der Waals surface area contributed by atoms with Gasteiger partial charge in [0.1, 0.15) is 24.4 Å². The predicted octanol–water partition coefficient (Wildman–Crippen LogP) is 2.53. The van der Waals surface area contributed by atoms with Crippen LogP contribution in [-0.4, -0.2) is 96.7 Å². The number of hydrogen-bond acceptors (Lipinski definition) is 10. The number of rotatable bonds is 4. The number of aliphatic hydroxyl groups excluding tert-OH is 5. The molecule has 6 aliphatic rings. The van der Waals surface area contributed by atoms with Gasteiger partial charge in [-0.1, -0.05) is 39.3 Å². The molecule has 4 saturated carbocycles. The average molecular weight is 665 g/mol. The van der Waals surface area contributed by atoms with Crippen LogP contribution in [0.3, 0.4) is 0 Å². The van der Waals surface area contributed by atoms with Gasteiger partial charge in [0.05, 0.1) is 29.1 Å². The first-order valence-electron chi connectivity index (χ1n) is 17.6. The first kappa shape index (κ1) is 35.2. The maximum atomic E-state index is 14.5. The fourth-order valence-electron chi connectivity index (χ4n) is 12.2. The van der Waals surface area contributed by atoms with Gasteiger partial charge in [-0.05, 0) is 106 Å². The molecule has 0 amide bonds. The number of carbonyl (C=O) groups is 2. The summed E-state index contributed by atoms with van der Waals surface area (Å²) in [6, 6.07) is 0. The van der Waals surface area contributed by atoms with E-state index in [2.05, 4.69) is 26.8 Å². The number of carbonyl (C=O) groups excluding carboxylic acids is 1. The number of esters is 1. The van der Waals surface area contributed by atoms with Crippen LogP contribution in [0.15, 0.2) is 11.6 Å². The average Bonchev–Trinajstić information content (AvgIpc) is 3.01. The second-order valence-corrected chi connectivity index (χ2v) is 17.3. The number of allylic oxidation sites excluding steroid dienone is 1. The first-order chi connectivity index (χ1) is 21.8. The molecule has 1 saturated heterocycles. The van der Waals surface area contributed by atoms with E-state index in [0.717, 1.165) is 18.4 Å². The van der Waals surface area contributed by atoms with E-state index < -0.39 is 83.1 Å². The van der Waals surface area contributed by atoms with Crippen LogP contribution in [0.2, 0.25) is 0 Å². The molecule has 1 heterocycles. The molecule has 16 atom stereocenters. The van der Waals surface area contributed by atoms with Crippen molar-refractivity contribution in [2.24, 2.45) is 50.7 Å². The molecular weight excluding hydrogens is 608 g/mol. The molecule has 1 aliphatic heterocycles. The van der Waals surface area contributed by atoms with Gasteiger partial charge >= 0.3 is 11.9 Å². The number of aliphatic carboxylic acids is 1. The summed E-state index contributed by atoms with van der Waals surface area (Å²) in [5.74, 6) is -2.37. The molecule has 0 unspecified atom stereocenters. The van der Waals surface area contributed by atoms with Crippen molar-refractivity contribution in [2.75, 3.05) is 6.61 Å². The van der Waals surface area contributed by atoms with Gasteiger partial charge in [0.2, 0.25) is 6.29 Å². The van der Waals surface area contributed by atoms with E-state index in [1.54, 1.807) is 13.8 Å². The summed E-state index contributed by atoms with van der Waals surface area (Å²) < 4.78 is 11.4. The van der Waals surface area contributed by atoms with Crippen LogP contribution >= 0.6 is 0 Å². The lowest BCUT2D eigenvalue weighted by atomic mass is 9.33. The van der Waals surface area contributed by atoms with E-state index in [9.17, 15) is 45.3 Å². The molecule has 11 heteroatoms. The SMILES string of the molecule is C[C@H]1CC[C@]2(C(=O)O[C@@H]3O[C@H](CO)[C@@H](O)[C@H](O)[C@H]3O)CC[C@]3(C)C(=CC[C@@H]4[C@@]5(C)CC[C@@H](O)[C@@](C)(C(=O)O)[C@@H]5CC[C@]43C)[C@@H]2[C@]1(C)O. The minimum absolute atomic E-state index is 0.126. The zero-order chi connectivity index (χ0) is 34.7. The van der Waals surface area contributed by atoms with Crippen molar-refractivity contribution < 1.29 is 54.8 Å². The van der Waals surface area contributed by atoms with Crippen LogP contribution in [0.4, 0.5) is 0 Å². The molecule has 0 aromatic rings. The molecule has 0 spiro atoms. The van der Waals surface area contributed by atoms with E-state index in [-0.39, 0.29) is 28.6 Å². The summed E-state index contributed by atoms with van der Waals surface area (Å²) in [5.41, 5.74) is -3.64. The highest BCUT2D eigenvalue weighted by molar-refractivity contribution is 5.79. The molecule has 0 radical (unpaired) electrons. The van der Waals surface area contributed by atoms with Crippen molar-refractivity contribution in [3.05, 3.63) is 11.6 Å². The fourth-order valence-corrected chi connectivity index (χ4v) is 12.2. The molecule has 11 nitrogen and oxygen atoms in total. The Hall–Kier alpha value is -1.60. The maximum Gasteiger partial charge on any atom is 0.315 e. The number of aliphatic hydroxyl groups is 6. The number of ether oxygens (including phenoxy) is 2. The number of hydrogen-bond donors (Lipinski definition) is 7. The van der Waals surface area contributed by atoms with Crippen molar-refractivity contribution in [1.29, 1.82) is 0 Å². The van der Waals surface area contributed by atoms with Gasteiger partial charge in [0.15, 0.2) is 0 Å². The Morgan fingerprint density at radius 3 is 2.21 bits per heavy atom. The van der Waals surface area contributed by atoms with E-state index >= 15 is 0 Å². The lowest BCUT2D eigenvalue weighted by Crippen LogP contribution is -2.69. The Kier molecular flexibility index (Phi) is 8.40. The van der Waals surface area contributed by atoms with Crippen molar-refractivity contribution >= 4 is 11.9 Å². The van der Waals surface area contributed by atoms with Crippen LogP contribution in [0.25, 0.3) is 0 Å². The monoisotopic (exact) mass is 664 g/mol. The van der Waals surface area contributed by atoms with Gasteiger partial charge in [-0.25, -0.2) is 0 Å². The zero-order valence-corrected chi connectivity index (χ0v) is 28.7. The van der Waals surface area contributed by atoms with Crippen molar-refractivity contribution in [3.63, 3.8) is 0 Å². The van der Waals surface area contributed by atoms with Crippen molar-refractivity contribution in [2.45, 2.75) is 142 Å². The third kappa shape index (κ3) is 4.49. The Labute approximate surface area is 277 Å². The largest absolute Gasteiger partial charge is 0.481 e. The summed E-state index contributed by atoms with van der Waals surface area (Å²) >= 11 is 0. The van der Waals surface area contributed by atoms with Gasteiger partial charge in [0.25, 0.3) is 0 Å². The van der Waals surface area contributed by atoms with E-state index in [1.165, 1.54) is 0 Å². The second-order valence-electron chi connectivity index (χ2n) is 17.3. The Bertz CT molecular complexity index is 1310. The number of carboxylic acid groups (broad SMARTS) is 1. The van der Waals surface area contributed by atoms with E-state index in [1.807, 2.05) is 6.92 Å². The van der Waals surface area contributed by atoms with Crippen LogP contribution in [0.1, 0.15) is 99.3 Å². The maximum absolute atomic E-state index is 14.5. The highest BCUT2D eigenvalue weighted by Crippen LogP contribution is 2.76. The molecule has 47 heavy (non-hydrogen) atoms. The summed E-state index contributed by atoms with van der Waals surface area (Å²) in [5, 5.41) is 74.8. The van der Waals surface area contributed by atoms with Crippen LogP contribution in [-0.2, 0) is 19.1 Å². The van der Waals surface area contributed by atoms with Crippen molar-refractivity contribution in [1.82, 2.24) is 0 Å². The van der Waals surface area contributed by atoms with Crippen LogP contribution in [0.5, 0.6) is 0 Å². The van der Waals surface area contributed by atoms with E-state index in [0.29, 0.717) is 44.9 Å². The normalized spacial score (nSPS) is 55.8. The third-order valence-corrected chi connectivity index (χ3v) is 15.6. The first-order valence-corrected chi connectivity index (χ1v) is 17.6. The predicted molar refractivity (Wildman–Crippen MR) is 168 cm³/mol. The zero-order valence-electron chi connectivity index (χ0n) is 28.7. The summed E-state index contributed by atoms with van der Waals surface area (Å²) in [6.07, 6.45) is -1.18. The minimum Gasteiger partial charge on any atom is -0.481 e. The van der Waals surface area contributed by atoms with Gasteiger partial charge < -0.3 is 45.2 Å². The Morgan fingerprint density at radius 1 is 0.894 bits per heavy atom. The minimum atomic E-state index is -1.72. The molecule has 266 valence electrons. The standard InChI is InChI=1S/C36H56O11/c1-18-9-14-36(30(44)47-28-26(41)25(40)24(39)20(17-37)46-28)16-15-32(3)19(27(36)35(18,6)45)7-8-21-31(2)12-11-23(38)34(5,29(42)43)22(31)10-13-33(21,32)4/h7,18,20-28,37-41,45H,8-17H2,1-6H3,(H,42,43)/t18-,20+,21+,22+,23+,24+,25-,26+,27+,28-,31+,32+,33+,34-,35+,36-/m0/s1. The molecule has 7 N–H and O–H groups in total. The molecule has 5 aliphatic carbocycles. The molecule has 5 fully saturated rings. The Morgan fingerprint density at radius 2 is 1.57 bits per heavy atom. The molecular formula is C36H56O11. The smallest absolute Gasteiger partial charge is 0.315 e. The molecule has 0 aromatic carbocycles. The summed E-state index contributed by atoms with van der Waals surface area (Å²) in [6.45, 7) is 11.7. The fraction of sp³-hybridized carbons (Fsp3) is 0.889. The third-order valence-electron chi connectivity index (χ3n) is 15.6. The quantitative estimate of drug-likeness (QED) is 0.172. The van der Waals surface area contributed by atoms with Crippen molar-refractivity contribution in [3.8, 4) is 0 Å². The topological polar surface area (TPSA) is 194 Å². The van der Waals surface area contributed by atoms with Gasteiger partial charge in [-0.15, -0.1) is 0 Å². The second kappa shape index (κ2) is 11.2. The van der Waals surface area contributed by atoms with E-state index in [4.69, 9.17) is 9.47 Å². The summed E-state index contributed by atoms with van der Waals surface area (Å²) in [7, 11) is 0. The highest BCUT2D eigenvalue weighted by Gasteiger charge is 2.72. The lowest BCUT2D eigenvalue weighted by molar-refractivity contribution is -0.299. The number of carboxylic acids is 1. The van der Waals surface area contributed by atoms with Gasteiger partial charge in [-0.3, -0.25) is 9.59 Å². The summed E-state index contributed by atoms with van der Waals surface area (Å²) in [4.78, 5) is 27.2. The Balaban J connectivity index is 1.39. The molecule has 0 aromatic heterocycles. The highest BCUT2D eigenvalue weighted by atomic mass is 16.7. The molecule has 6 rings (SSSR count). The van der Waals surface area contributed by atoms with Gasteiger partial charge in [-0.2, -0.15) is 0 Å². The van der Waals surface area contributed by atoms with Crippen LogP contribution < -0.4 is 0 Å². The molecule has 0 bridgehead atoms.